The Morgan fingerprint density at radius 2 is 1.46 bits per heavy atom. The molecule has 5 heteroatoms. The van der Waals surface area contributed by atoms with Gasteiger partial charge in [0.2, 0.25) is 5.52 Å². The second-order valence-electron chi connectivity index (χ2n) is 10.8. The first kappa shape index (κ1) is 18.9. The lowest BCUT2D eigenvalue weighted by atomic mass is 9.83. The molecule has 5 nitrogen and oxygen atoms in total. The Morgan fingerprint density at radius 3 is 2.44 bits per heavy atom. The van der Waals surface area contributed by atoms with Crippen molar-refractivity contribution in [1.82, 2.24) is 9.55 Å². The van der Waals surface area contributed by atoms with Crippen LogP contribution < -0.4 is 13.9 Å². The van der Waals surface area contributed by atoms with Crippen LogP contribution in [-0.2, 0) is 5.66 Å². The molecule has 178 valence electrons. The van der Waals surface area contributed by atoms with Crippen LogP contribution in [0.15, 0.2) is 110 Å². The predicted molar refractivity (Wildman–Crippen MR) is 150 cm³/mol. The monoisotopic (exact) mass is 498 g/mol. The minimum absolute atomic E-state index is 0.629. The van der Waals surface area contributed by atoms with Gasteiger partial charge in [0, 0.05) is 40.7 Å². The van der Waals surface area contributed by atoms with Gasteiger partial charge >= 0.3 is 5.66 Å². The van der Waals surface area contributed by atoms with Crippen molar-refractivity contribution in [2.24, 2.45) is 0 Å². The number of hydrogen-bond donors (Lipinski definition) is 0. The Bertz CT molecular complexity index is 2490. The molecule has 1 atom stereocenters. The van der Waals surface area contributed by atoms with Gasteiger partial charge in [-0.1, -0.05) is 18.2 Å². The highest BCUT2D eigenvalue weighted by Gasteiger charge is 2.66. The topological polar surface area (TPSA) is 34.8 Å². The van der Waals surface area contributed by atoms with E-state index >= 15 is 0 Å². The van der Waals surface area contributed by atoms with Gasteiger partial charge in [-0.25, -0.2) is 0 Å². The van der Waals surface area contributed by atoms with E-state index in [1.165, 1.54) is 65.4 Å². The third-order valence-corrected chi connectivity index (χ3v) is 9.28. The third kappa shape index (κ3) is 1.78. The highest BCUT2D eigenvalue weighted by atomic mass is 16.5. The molecule has 0 N–H and O–H groups in total. The lowest BCUT2D eigenvalue weighted by Crippen LogP contribution is -2.75. The molecule has 0 fully saturated rings. The molecule has 11 rings (SSSR count). The average molecular weight is 499 g/mol. The third-order valence-electron chi connectivity index (χ3n) is 9.28. The van der Waals surface area contributed by atoms with Gasteiger partial charge in [-0.3, -0.25) is 4.98 Å². The van der Waals surface area contributed by atoms with Gasteiger partial charge in [-0.15, -0.1) is 4.57 Å². The van der Waals surface area contributed by atoms with E-state index in [0.29, 0.717) is 0 Å². The smallest absolute Gasteiger partial charge is 0.374 e. The summed E-state index contributed by atoms with van der Waals surface area (Å²) in [5.74, 6) is 2.96. The van der Waals surface area contributed by atoms with E-state index < -0.39 is 5.66 Å². The molecule has 0 radical (unpaired) electrons. The van der Waals surface area contributed by atoms with Crippen LogP contribution in [0.1, 0.15) is 11.1 Å². The molecular formula is C34H18N4O+2. The molecule has 3 aliphatic heterocycles. The highest BCUT2D eigenvalue weighted by molar-refractivity contribution is 6.25. The predicted octanol–water partition coefficient (Wildman–Crippen LogP) is 6.24. The molecule has 0 bridgehead atoms. The maximum absolute atomic E-state index is 6.82. The van der Waals surface area contributed by atoms with E-state index in [1.54, 1.807) is 0 Å². The van der Waals surface area contributed by atoms with Crippen LogP contribution in [-0.4, -0.2) is 9.55 Å². The fraction of sp³-hybridized carbons (Fsp3) is 0.0294. The molecular weight excluding hydrogens is 480 g/mol. The zero-order valence-corrected chi connectivity index (χ0v) is 20.6. The first-order chi connectivity index (χ1) is 19.4. The van der Waals surface area contributed by atoms with Gasteiger partial charge in [0.15, 0.2) is 17.3 Å². The first-order valence-corrected chi connectivity index (χ1v) is 13.3. The van der Waals surface area contributed by atoms with Crippen molar-refractivity contribution in [2.75, 3.05) is 0 Å². The summed E-state index contributed by atoms with van der Waals surface area (Å²) in [6.07, 6.45) is 8.41. The van der Waals surface area contributed by atoms with Crippen LogP contribution in [0.3, 0.4) is 0 Å². The van der Waals surface area contributed by atoms with E-state index in [4.69, 9.17) is 4.74 Å². The average Bonchev–Trinajstić information content (AvgIpc) is 3.50. The lowest BCUT2D eigenvalue weighted by molar-refractivity contribution is -0.956. The Labute approximate surface area is 221 Å². The van der Waals surface area contributed by atoms with Gasteiger partial charge in [-0.2, -0.15) is 9.13 Å². The second kappa shape index (κ2) is 5.89. The maximum atomic E-state index is 6.82. The normalized spacial score (nSPS) is 17.5. The molecule has 0 saturated carbocycles. The Hall–Kier alpha value is -5.29. The van der Waals surface area contributed by atoms with Crippen molar-refractivity contribution < 1.29 is 13.9 Å². The number of ether oxygens (including phenoxy) is 1. The Kier molecular flexibility index (Phi) is 2.85. The number of rotatable bonds is 0. The number of para-hydroxylation sites is 1. The van der Waals surface area contributed by atoms with Crippen LogP contribution >= 0.6 is 0 Å². The minimum Gasteiger partial charge on any atom is -0.456 e. The van der Waals surface area contributed by atoms with Crippen molar-refractivity contribution in [1.29, 1.82) is 0 Å². The number of pyridine rings is 3. The summed E-state index contributed by atoms with van der Waals surface area (Å²) in [4.78, 5) is 4.53. The molecule has 4 aromatic carbocycles. The lowest BCUT2D eigenvalue weighted by Gasteiger charge is -2.34. The van der Waals surface area contributed by atoms with Crippen LogP contribution in [0.5, 0.6) is 11.5 Å². The molecule has 1 unspecified atom stereocenters. The summed E-state index contributed by atoms with van der Waals surface area (Å²) in [7, 11) is 0. The van der Waals surface area contributed by atoms with E-state index in [-0.39, 0.29) is 0 Å². The maximum Gasteiger partial charge on any atom is 0.374 e. The molecule has 4 aromatic heterocycles. The van der Waals surface area contributed by atoms with Gasteiger partial charge in [0.1, 0.15) is 22.6 Å². The van der Waals surface area contributed by atoms with Gasteiger partial charge in [0.25, 0.3) is 5.82 Å². The number of aromatic nitrogens is 4. The quantitative estimate of drug-likeness (QED) is 0.183. The molecule has 0 saturated heterocycles. The summed E-state index contributed by atoms with van der Waals surface area (Å²) in [5.41, 5.74) is 5.42. The summed E-state index contributed by atoms with van der Waals surface area (Å²) in [6.45, 7) is 0. The van der Waals surface area contributed by atoms with Crippen molar-refractivity contribution >= 4 is 54.3 Å². The highest BCUT2D eigenvalue weighted by Crippen LogP contribution is 2.57. The zero-order chi connectivity index (χ0) is 25.0. The summed E-state index contributed by atoms with van der Waals surface area (Å²) in [6, 6.07) is 30.6. The van der Waals surface area contributed by atoms with Gasteiger partial charge in [-0.05, 0) is 65.4 Å². The molecule has 7 heterocycles. The second-order valence-corrected chi connectivity index (χ2v) is 10.8. The van der Waals surface area contributed by atoms with E-state index in [9.17, 15) is 0 Å². The van der Waals surface area contributed by atoms with E-state index in [2.05, 4.69) is 116 Å². The SMILES string of the molecule is c1cc[n+]2c(c1)-n1c3ccccc3c3ccc4c(c31)C21c2c(ccc3c5cnccc5c5ccc[n+]1c5c23)O4. The zero-order valence-electron chi connectivity index (χ0n) is 20.6. The van der Waals surface area contributed by atoms with Crippen LogP contribution in [0, 0.1) is 0 Å². The standard InChI is InChI=1S/C34H18N4O/c1-2-8-25-20(6-1)23-11-13-27-31-33(23)38(25)28-9-3-4-16-36(28)34(31)30-26(39-27)12-10-21-24-18-35-15-14-19(24)22-7-5-17-37(34)32(22)29(21)30/h1-18H/q+2. The Morgan fingerprint density at radius 1 is 0.641 bits per heavy atom. The number of nitrogens with zero attached hydrogens (tertiary/aromatic N) is 4. The molecule has 0 amide bonds. The van der Waals surface area contributed by atoms with E-state index in [1.807, 2.05) is 12.4 Å². The van der Waals surface area contributed by atoms with Crippen molar-refractivity contribution in [3.63, 3.8) is 0 Å². The Balaban J connectivity index is 1.51. The molecule has 39 heavy (non-hydrogen) atoms. The van der Waals surface area contributed by atoms with Crippen LogP contribution in [0.2, 0.25) is 0 Å². The molecule has 0 aliphatic carbocycles. The van der Waals surface area contributed by atoms with Crippen LogP contribution in [0.4, 0.5) is 0 Å². The first-order valence-electron chi connectivity index (χ1n) is 13.3. The fourth-order valence-electron chi connectivity index (χ4n) is 8.01. The fourth-order valence-corrected chi connectivity index (χ4v) is 8.01. The number of fused-ring (bicyclic) bond motifs is 8. The van der Waals surface area contributed by atoms with E-state index in [0.717, 1.165) is 17.3 Å². The molecule has 3 aliphatic rings. The van der Waals surface area contributed by atoms with Crippen LogP contribution in [0.25, 0.3) is 60.1 Å². The molecule has 1 spiro atoms. The summed E-state index contributed by atoms with van der Waals surface area (Å²) < 4.78 is 14.2. The number of hydrogen-bond acceptors (Lipinski definition) is 2. The molecule has 8 aromatic rings. The van der Waals surface area contributed by atoms with Crippen molar-refractivity contribution in [2.45, 2.75) is 5.66 Å². The van der Waals surface area contributed by atoms with Gasteiger partial charge in [0.05, 0.1) is 17.0 Å². The number of benzene rings is 4. The van der Waals surface area contributed by atoms with Crippen molar-refractivity contribution in [3.05, 3.63) is 121 Å². The minimum atomic E-state index is -0.629. The largest absolute Gasteiger partial charge is 0.456 e. The summed E-state index contributed by atoms with van der Waals surface area (Å²) in [5, 5.41) is 8.59. The van der Waals surface area contributed by atoms with Crippen molar-refractivity contribution in [3.8, 4) is 17.3 Å². The van der Waals surface area contributed by atoms with Gasteiger partial charge < -0.3 is 4.74 Å². The summed E-state index contributed by atoms with van der Waals surface area (Å²) >= 11 is 0.